The molecule has 6 heteroatoms. The minimum absolute atomic E-state index is 0.0315. The summed E-state index contributed by atoms with van der Waals surface area (Å²) in [6, 6.07) is 5.84. The van der Waals surface area contributed by atoms with E-state index in [0.717, 1.165) is 34.5 Å². The zero-order valence-electron chi connectivity index (χ0n) is 14.3. The summed E-state index contributed by atoms with van der Waals surface area (Å²) in [6.45, 7) is 8.37. The molecule has 0 saturated heterocycles. The van der Waals surface area contributed by atoms with Crippen molar-refractivity contribution in [3.63, 3.8) is 0 Å². The summed E-state index contributed by atoms with van der Waals surface area (Å²) in [6.07, 6.45) is 4.23. The first-order chi connectivity index (χ1) is 12.1. The Morgan fingerprint density at radius 3 is 3.08 bits per heavy atom. The SMILES string of the molecule is C=Cc1cc(C)c2[nH]c(C(=O)N3CCc4ncccc4[C@H]3C)nc2n1. The van der Waals surface area contributed by atoms with Crippen molar-refractivity contribution in [2.45, 2.75) is 26.3 Å². The van der Waals surface area contributed by atoms with Crippen LogP contribution in [0.3, 0.4) is 0 Å². The standard InChI is InChI=1S/C19H19N5O/c1-4-13-10-11(2)16-17(21-13)23-18(22-16)19(25)24-9-7-15-14(12(24)3)6-5-8-20-15/h4-6,8,10,12H,1,7,9H2,2-3H3,(H,21,22,23)/t12-/m1/s1. The molecular weight excluding hydrogens is 314 g/mol. The van der Waals surface area contributed by atoms with E-state index in [2.05, 4.69) is 26.5 Å². The fraction of sp³-hybridized carbons (Fsp3) is 0.263. The van der Waals surface area contributed by atoms with Gasteiger partial charge in [-0.3, -0.25) is 9.78 Å². The molecular formula is C19H19N5O. The molecule has 1 aliphatic heterocycles. The van der Waals surface area contributed by atoms with Crippen LogP contribution in [0.15, 0.2) is 31.0 Å². The quantitative estimate of drug-likeness (QED) is 0.782. The van der Waals surface area contributed by atoms with Gasteiger partial charge in [-0.1, -0.05) is 12.6 Å². The van der Waals surface area contributed by atoms with Gasteiger partial charge in [0.1, 0.15) is 0 Å². The first-order valence-corrected chi connectivity index (χ1v) is 8.33. The average molecular weight is 333 g/mol. The summed E-state index contributed by atoms with van der Waals surface area (Å²) in [4.78, 5) is 31.3. The molecule has 0 aromatic carbocycles. The van der Waals surface area contributed by atoms with Gasteiger partial charge in [-0.05, 0) is 43.2 Å². The average Bonchev–Trinajstić information content (AvgIpc) is 3.06. The van der Waals surface area contributed by atoms with Crippen LogP contribution in [0.2, 0.25) is 0 Å². The summed E-state index contributed by atoms with van der Waals surface area (Å²) < 4.78 is 0. The third-order valence-corrected chi connectivity index (χ3v) is 4.78. The molecule has 1 atom stereocenters. The number of carbonyl (C=O) groups is 1. The molecule has 0 spiro atoms. The lowest BCUT2D eigenvalue weighted by Crippen LogP contribution is -2.39. The molecule has 0 radical (unpaired) electrons. The number of fused-ring (bicyclic) bond motifs is 2. The van der Waals surface area contributed by atoms with Crippen LogP contribution in [0.25, 0.3) is 17.2 Å². The Morgan fingerprint density at radius 2 is 2.28 bits per heavy atom. The van der Waals surface area contributed by atoms with Crippen molar-refractivity contribution >= 4 is 23.1 Å². The van der Waals surface area contributed by atoms with E-state index in [9.17, 15) is 4.79 Å². The number of imidazole rings is 1. The molecule has 3 aromatic heterocycles. The molecule has 0 saturated carbocycles. The number of nitrogens with zero attached hydrogens (tertiary/aromatic N) is 4. The zero-order chi connectivity index (χ0) is 17.6. The van der Waals surface area contributed by atoms with Gasteiger partial charge in [0.15, 0.2) is 11.5 Å². The number of aromatic nitrogens is 4. The summed E-state index contributed by atoms with van der Waals surface area (Å²) in [5.41, 5.74) is 5.25. The lowest BCUT2D eigenvalue weighted by Gasteiger charge is -2.34. The fourth-order valence-corrected chi connectivity index (χ4v) is 3.42. The number of amides is 1. The third kappa shape index (κ3) is 2.50. The predicted octanol–water partition coefficient (Wildman–Crippen LogP) is 3.06. The molecule has 25 heavy (non-hydrogen) atoms. The van der Waals surface area contributed by atoms with Crippen LogP contribution in [0.5, 0.6) is 0 Å². The van der Waals surface area contributed by atoms with Crippen LogP contribution in [-0.2, 0) is 6.42 Å². The summed E-state index contributed by atoms with van der Waals surface area (Å²) in [5, 5.41) is 0. The van der Waals surface area contributed by atoms with E-state index < -0.39 is 0 Å². The van der Waals surface area contributed by atoms with Crippen molar-refractivity contribution < 1.29 is 4.79 Å². The van der Waals surface area contributed by atoms with Crippen molar-refractivity contribution in [1.29, 1.82) is 0 Å². The van der Waals surface area contributed by atoms with Crippen LogP contribution in [0, 0.1) is 6.92 Å². The van der Waals surface area contributed by atoms with E-state index in [-0.39, 0.29) is 11.9 Å². The molecule has 1 aliphatic rings. The van der Waals surface area contributed by atoms with Gasteiger partial charge in [0.2, 0.25) is 0 Å². The second-order valence-electron chi connectivity index (χ2n) is 6.32. The van der Waals surface area contributed by atoms with Crippen LogP contribution in [0.1, 0.15) is 46.1 Å². The van der Waals surface area contributed by atoms with Gasteiger partial charge < -0.3 is 9.88 Å². The normalized spacial score (nSPS) is 16.7. The number of hydrogen-bond donors (Lipinski definition) is 1. The van der Waals surface area contributed by atoms with Crippen molar-refractivity contribution in [2.24, 2.45) is 0 Å². The fourth-order valence-electron chi connectivity index (χ4n) is 3.42. The van der Waals surface area contributed by atoms with Gasteiger partial charge >= 0.3 is 0 Å². The number of rotatable bonds is 2. The van der Waals surface area contributed by atoms with E-state index in [1.807, 2.05) is 36.9 Å². The highest BCUT2D eigenvalue weighted by Crippen LogP contribution is 2.29. The molecule has 1 N–H and O–H groups in total. The minimum Gasteiger partial charge on any atom is -0.332 e. The van der Waals surface area contributed by atoms with Crippen LogP contribution < -0.4 is 0 Å². The van der Waals surface area contributed by atoms with E-state index >= 15 is 0 Å². The molecule has 4 heterocycles. The molecule has 126 valence electrons. The smallest absolute Gasteiger partial charge is 0.290 e. The molecule has 0 aliphatic carbocycles. The molecule has 6 nitrogen and oxygen atoms in total. The maximum atomic E-state index is 13.0. The number of H-pyrrole nitrogens is 1. The lowest BCUT2D eigenvalue weighted by molar-refractivity contribution is 0.0665. The Hall–Kier alpha value is -3.02. The number of hydrogen-bond acceptors (Lipinski definition) is 4. The van der Waals surface area contributed by atoms with Crippen LogP contribution in [0.4, 0.5) is 0 Å². The van der Waals surface area contributed by atoms with E-state index in [4.69, 9.17) is 0 Å². The first kappa shape index (κ1) is 15.5. The Balaban J connectivity index is 1.71. The highest BCUT2D eigenvalue weighted by atomic mass is 16.2. The van der Waals surface area contributed by atoms with Gasteiger partial charge in [-0.2, -0.15) is 0 Å². The molecule has 1 amide bonds. The van der Waals surface area contributed by atoms with E-state index in [1.54, 1.807) is 12.3 Å². The molecule has 0 unspecified atom stereocenters. The molecule has 4 rings (SSSR count). The first-order valence-electron chi connectivity index (χ1n) is 8.33. The minimum atomic E-state index is -0.112. The van der Waals surface area contributed by atoms with Crippen molar-refractivity contribution in [3.05, 3.63) is 59.3 Å². The highest BCUT2D eigenvalue weighted by Gasteiger charge is 2.30. The second kappa shape index (κ2) is 5.81. The molecule has 0 fully saturated rings. The van der Waals surface area contributed by atoms with Crippen LogP contribution in [-0.4, -0.2) is 37.3 Å². The monoisotopic (exact) mass is 333 g/mol. The Morgan fingerprint density at radius 1 is 1.44 bits per heavy atom. The predicted molar refractivity (Wildman–Crippen MR) is 96.1 cm³/mol. The van der Waals surface area contributed by atoms with Gasteiger partial charge in [0.25, 0.3) is 5.91 Å². The van der Waals surface area contributed by atoms with Crippen molar-refractivity contribution in [2.75, 3.05) is 6.54 Å². The number of aromatic amines is 1. The molecule has 3 aromatic rings. The lowest BCUT2D eigenvalue weighted by atomic mass is 9.98. The van der Waals surface area contributed by atoms with Gasteiger partial charge in [-0.25, -0.2) is 9.97 Å². The highest BCUT2D eigenvalue weighted by molar-refractivity contribution is 5.94. The topological polar surface area (TPSA) is 74.8 Å². The van der Waals surface area contributed by atoms with E-state index in [0.29, 0.717) is 18.0 Å². The third-order valence-electron chi connectivity index (χ3n) is 4.78. The van der Waals surface area contributed by atoms with E-state index in [1.165, 1.54) is 0 Å². The van der Waals surface area contributed by atoms with Gasteiger partial charge in [0.05, 0.1) is 17.3 Å². The number of pyridine rings is 2. The Bertz CT molecular complexity index is 991. The summed E-state index contributed by atoms with van der Waals surface area (Å²) >= 11 is 0. The number of carbonyl (C=O) groups excluding carboxylic acids is 1. The Labute approximate surface area is 145 Å². The number of nitrogens with one attached hydrogen (secondary N) is 1. The van der Waals surface area contributed by atoms with Crippen molar-refractivity contribution in [1.82, 2.24) is 24.8 Å². The maximum absolute atomic E-state index is 13.0. The van der Waals surface area contributed by atoms with Gasteiger partial charge in [-0.15, -0.1) is 0 Å². The molecule has 0 bridgehead atoms. The second-order valence-corrected chi connectivity index (χ2v) is 6.32. The zero-order valence-corrected chi connectivity index (χ0v) is 14.3. The largest absolute Gasteiger partial charge is 0.332 e. The maximum Gasteiger partial charge on any atom is 0.290 e. The summed E-state index contributed by atoms with van der Waals surface area (Å²) in [7, 11) is 0. The summed E-state index contributed by atoms with van der Waals surface area (Å²) in [5.74, 6) is 0.213. The number of aryl methyl sites for hydroxylation is 1. The van der Waals surface area contributed by atoms with Gasteiger partial charge in [0, 0.05) is 24.9 Å². The Kier molecular flexibility index (Phi) is 3.60. The van der Waals surface area contributed by atoms with Crippen molar-refractivity contribution in [3.8, 4) is 0 Å². The van der Waals surface area contributed by atoms with Crippen LogP contribution >= 0.6 is 0 Å².